The summed E-state index contributed by atoms with van der Waals surface area (Å²) >= 11 is 17.1. The molecule has 4 aromatic rings. The third-order valence-electron chi connectivity index (χ3n) is 4.98. The van der Waals surface area contributed by atoms with Crippen molar-refractivity contribution < 1.29 is 37.2 Å². The van der Waals surface area contributed by atoms with Gasteiger partial charge < -0.3 is 22.6 Å². The molecule has 10 heteroatoms. The number of carboxylic acid groups (broad SMARTS) is 2. The van der Waals surface area contributed by atoms with Crippen LogP contribution in [0.5, 0.6) is 0 Å². The Labute approximate surface area is 242 Å². The molecule has 0 unspecified atom stereocenters. The normalized spacial score (nSPS) is 9.58. The number of aryl methyl sites for hydroxylation is 3. The van der Waals surface area contributed by atoms with Gasteiger partial charge in [-0.25, -0.2) is 19.6 Å². The Morgan fingerprint density at radius 1 is 0.842 bits per heavy atom. The predicted octanol–water partition coefficient (Wildman–Crippen LogP) is 3.81. The van der Waals surface area contributed by atoms with Crippen LogP contribution in [0.2, 0.25) is 10.0 Å². The van der Waals surface area contributed by atoms with Gasteiger partial charge in [-0.3, -0.25) is 0 Å². The van der Waals surface area contributed by atoms with Gasteiger partial charge in [-0.1, -0.05) is 53.5 Å². The number of halogens is 4. The molecule has 0 aliphatic rings. The van der Waals surface area contributed by atoms with E-state index in [9.17, 15) is 9.59 Å². The van der Waals surface area contributed by atoms with Crippen molar-refractivity contribution in [3.63, 3.8) is 0 Å². The number of hydrogen-bond donors (Lipinski definition) is 2. The highest BCUT2D eigenvalue weighted by atomic mass is 35.5. The van der Waals surface area contributed by atoms with E-state index in [0.29, 0.717) is 22.9 Å². The molecule has 3 N–H and O–H groups in total. The Balaban J connectivity index is 0.000000307. The molecule has 0 aliphatic heterocycles. The standard InChI is InChI=1S/C14H12ClNO2.C7H6Cl2.C7H7NO2.ClH/c15-12-5-1-3-10(9-12)6-7-11-4-2-8-16-13(11)14(17)18;8-5-6-2-1-3-7(9)4-6;1-5-3-2-4-8-6(5)7(9)10;/h1-5,8-9H,6-7H2,(H,17,18);1-4H,5H2;2-4H,1H3,(H,9,10);1H. The molecule has 4 rings (SSSR count). The molecule has 0 saturated heterocycles. The number of pyridine rings is 2. The summed E-state index contributed by atoms with van der Waals surface area (Å²) in [5, 5.41) is 19.0. The summed E-state index contributed by atoms with van der Waals surface area (Å²) in [6.45, 7) is 1.72. The molecule has 0 aliphatic carbocycles. The molecular formula is C28H26Cl4N2O4. The largest absolute Gasteiger partial charge is 1.00 e. The summed E-state index contributed by atoms with van der Waals surface area (Å²) in [6.07, 6.45) is 4.51. The maximum atomic E-state index is 11.0. The van der Waals surface area contributed by atoms with Crippen molar-refractivity contribution >= 4 is 46.7 Å². The van der Waals surface area contributed by atoms with Crippen molar-refractivity contribution in [3.05, 3.63) is 129 Å². The molecular weight excluding hydrogens is 570 g/mol. The number of nitrogens with zero attached hydrogens (tertiary/aromatic N) is 1. The minimum Gasteiger partial charge on any atom is -1.00 e. The third-order valence-corrected chi connectivity index (χ3v) is 5.76. The van der Waals surface area contributed by atoms with Gasteiger partial charge in [0, 0.05) is 33.8 Å². The molecule has 0 radical (unpaired) electrons. The molecule has 200 valence electrons. The minimum absolute atomic E-state index is 0. The Morgan fingerprint density at radius 2 is 1.47 bits per heavy atom. The van der Waals surface area contributed by atoms with Crippen molar-refractivity contribution in [1.82, 2.24) is 4.98 Å². The maximum absolute atomic E-state index is 11.0. The van der Waals surface area contributed by atoms with E-state index in [1.165, 1.54) is 6.20 Å². The van der Waals surface area contributed by atoms with Crippen molar-refractivity contribution in [3.8, 4) is 0 Å². The van der Waals surface area contributed by atoms with E-state index in [1.54, 1.807) is 31.3 Å². The first kappa shape index (κ1) is 32.9. The van der Waals surface area contributed by atoms with Gasteiger partial charge in [0.15, 0.2) is 11.9 Å². The quantitative estimate of drug-likeness (QED) is 0.330. The van der Waals surface area contributed by atoms with Crippen LogP contribution in [0.15, 0.2) is 85.2 Å². The summed E-state index contributed by atoms with van der Waals surface area (Å²) in [7, 11) is 0. The van der Waals surface area contributed by atoms with Crippen LogP contribution in [0.25, 0.3) is 0 Å². The zero-order chi connectivity index (χ0) is 27.2. The van der Waals surface area contributed by atoms with Crippen LogP contribution in [0.4, 0.5) is 0 Å². The molecule has 38 heavy (non-hydrogen) atoms. The van der Waals surface area contributed by atoms with Gasteiger partial charge >= 0.3 is 11.9 Å². The first-order valence-electron chi connectivity index (χ1n) is 11.1. The first-order chi connectivity index (χ1) is 17.7. The summed E-state index contributed by atoms with van der Waals surface area (Å²) in [4.78, 5) is 27.8. The smallest absolute Gasteiger partial charge is 0.401 e. The SMILES string of the molecule is Cc1cccnc1C(=O)O.ClCc1cccc(Cl)c1.O=C(O)c1[nH+]cccc1CCc1cccc(Cl)c1.[Cl-]. The number of hydrogen-bond acceptors (Lipinski definition) is 3. The monoisotopic (exact) mass is 594 g/mol. The molecule has 6 nitrogen and oxygen atoms in total. The lowest BCUT2D eigenvalue weighted by atomic mass is 10.0. The molecule has 0 spiro atoms. The summed E-state index contributed by atoms with van der Waals surface area (Å²) in [6, 6.07) is 22.2. The topological polar surface area (TPSA) is 102 Å². The number of carboxylic acids is 2. The average molecular weight is 596 g/mol. The molecule has 2 aromatic heterocycles. The lowest BCUT2D eigenvalue weighted by Gasteiger charge is -2.02. The Morgan fingerprint density at radius 3 is 1.97 bits per heavy atom. The van der Waals surface area contributed by atoms with E-state index in [2.05, 4.69) is 9.97 Å². The number of H-pyrrole nitrogens is 1. The lowest BCUT2D eigenvalue weighted by molar-refractivity contribution is -0.384. The fourth-order valence-corrected chi connectivity index (χ4v) is 3.77. The Kier molecular flexibility index (Phi) is 15.0. The Bertz CT molecular complexity index is 1340. The average Bonchev–Trinajstić information content (AvgIpc) is 2.88. The molecule has 2 aromatic carbocycles. The second-order valence-corrected chi connectivity index (χ2v) is 8.88. The number of aromatic nitrogens is 2. The van der Waals surface area contributed by atoms with Crippen molar-refractivity contribution in [1.29, 1.82) is 0 Å². The van der Waals surface area contributed by atoms with Crippen LogP contribution in [0.1, 0.15) is 43.2 Å². The van der Waals surface area contributed by atoms with Gasteiger partial charge in [-0.15, -0.1) is 11.6 Å². The van der Waals surface area contributed by atoms with Crippen molar-refractivity contribution in [2.75, 3.05) is 0 Å². The van der Waals surface area contributed by atoms with Crippen LogP contribution in [0, 0.1) is 6.92 Å². The third kappa shape index (κ3) is 11.5. The highest BCUT2D eigenvalue weighted by molar-refractivity contribution is 6.31. The highest BCUT2D eigenvalue weighted by Gasteiger charge is 2.16. The lowest BCUT2D eigenvalue weighted by Crippen LogP contribution is -3.00. The number of nitrogens with one attached hydrogen (secondary N) is 1. The van der Waals surface area contributed by atoms with Crippen LogP contribution in [-0.2, 0) is 18.7 Å². The number of aromatic carboxylic acids is 2. The molecule has 2 heterocycles. The number of carbonyl (C=O) groups is 2. The zero-order valence-electron chi connectivity index (χ0n) is 20.4. The van der Waals surface area contributed by atoms with Crippen LogP contribution in [0.3, 0.4) is 0 Å². The van der Waals surface area contributed by atoms with Gasteiger partial charge in [-0.2, -0.15) is 0 Å². The predicted molar refractivity (Wildman–Crippen MR) is 146 cm³/mol. The van der Waals surface area contributed by atoms with Crippen molar-refractivity contribution in [2.45, 2.75) is 25.6 Å². The number of aromatic amines is 1. The first-order valence-corrected chi connectivity index (χ1v) is 12.4. The fourth-order valence-electron chi connectivity index (χ4n) is 3.18. The van der Waals surface area contributed by atoms with E-state index in [4.69, 9.17) is 45.0 Å². The van der Waals surface area contributed by atoms with Crippen molar-refractivity contribution in [2.24, 2.45) is 0 Å². The Hall–Kier alpha value is -3.16. The molecule has 0 saturated carbocycles. The highest BCUT2D eigenvalue weighted by Crippen LogP contribution is 2.14. The zero-order valence-corrected chi connectivity index (χ0v) is 23.4. The maximum Gasteiger partial charge on any atom is 0.401 e. The van der Waals surface area contributed by atoms with E-state index >= 15 is 0 Å². The van der Waals surface area contributed by atoms with Gasteiger partial charge in [0.2, 0.25) is 0 Å². The molecule has 0 bridgehead atoms. The van der Waals surface area contributed by atoms with E-state index in [-0.39, 0.29) is 23.8 Å². The molecule has 0 atom stereocenters. The number of benzene rings is 2. The second kappa shape index (κ2) is 17.4. The number of alkyl halides is 1. The van der Waals surface area contributed by atoms with Gasteiger partial charge in [0.1, 0.15) is 0 Å². The summed E-state index contributed by atoms with van der Waals surface area (Å²) in [5.74, 6) is -1.38. The van der Waals surface area contributed by atoms with Gasteiger partial charge in [0.05, 0.1) is 0 Å². The fraction of sp³-hybridized carbons (Fsp3) is 0.143. The van der Waals surface area contributed by atoms with Gasteiger partial charge in [-0.05, 0) is 72.9 Å². The molecule has 0 fully saturated rings. The molecule has 0 amide bonds. The minimum atomic E-state index is -0.974. The van der Waals surface area contributed by atoms with E-state index in [1.807, 2.05) is 54.6 Å². The van der Waals surface area contributed by atoms with Crippen LogP contribution in [-0.4, -0.2) is 27.1 Å². The van der Waals surface area contributed by atoms with Gasteiger partial charge in [0.25, 0.3) is 5.69 Å². The summed E-state index contributed by atoms with van der Waals surface area (Å²) in [5.41, 5.74) is 4.02. The van der Waals surface area contributed by atoms with E-state index in [0.717, 1.165) is 28.1 Å². The number of rotatable bonds is 6. The van der Waals surface area contributed by atoms with E-state index < -0.39 is 11.9 Å². The van der Waals surface area contributed by atoms with Crippen LogP contribution >= 0.6 is 34.8 Å². The summed E-state index contributed by atoms with van der Waals surface area (Å²) < 4.78 is 0. The second-order valence-electron chi connectivity index (χ2n) is 7.74. The van der Waals surface area contributed by atoms with Crippen LogP contribution < -0.4 is 17.4 Å².